The number of hydrogen-bond acceptors (Lipinski definition) is 6. The quantitative estimate of drug-likeness (QED) is 0.349. The minimum Gasteiger partial charge on any atom is -0.480 e. The fourth-order valence-electron chi connectivity index (χ4n) is 3.55. The lowest BCUT2D eigenvalue weighted by Crippen LogP contribution is -2.60. The van der Waals surface area contributed by atoms with E-state index >= 15 is 0 Å². The summed E-state index contributed by atoms with van der Waals surface area (Å²) in [6.45, 7) is 3.97. The topological polar surface area (TPSA) is 150 Å². The van der Waals surface area contributed by atoms with Crippen molar-refractivity contribution < 1.29 is 24.7 Å². The number of aliphatic carboxylic acids is 1. The molecule has 4 atom stereocenters. The minimum absolute atomic E-state index is 0. The summed E-state index contributed by atoms with van der Waals surface area (Å²) >= 11 is 0. The van der Waals surface area contributed by atoms with Gasteiger partial charge in [-0.3, -0.25) is 9.59 Å². The number of carbonyl (C=O) groups excluding carboxylic acids is 1. The molecule has 0 aromatic carbocycles. The highest BCUT2D eigenvalue weighted by Gasteiger charge is 2.47. The van der Waals surface area contributed by atoms with Crippen molar-refractivity contribution in [1.29, 1.82) is 0 Å². The Bertz CT molecular complexity index is 487. The van der Waals surface area contributed by atoms with Gasteiger partial charge >= 0.3 is 13.1 Å². The summed E-state index contributed by atoms with van der Waals surface area (Å²) in [5, 5.41) is 27.7. The molecule has 1 fully saturated rings. The van der Waals surface area contributed by atoms with Gasteiger partial charge in [0.25, 0.3) is 0 Å². The van der Waals surface area contributed by atoms with Gasteiger partial charge in [0, 0.05) is 19.5 Å². The van der Waals surface area contributed by atoms with E-state index in [4.69, 9.17) is 21.5 Å². The molecule has 8 nitrogen and oxygen atoms in total. The molecule has 1 aliphatic carbocycles. The van der Waals surface area contributed by atoms with Crippen LogP contribution < -0.4 is 11.5 Å². The van der Waals surface area contributed by atoms with Crippen molar-refractivity contribution in [3.8, 4) is 0 Å². The van der Waals surface area contributed by atoms with Crippen LogP contribution >= 0.6 is 24.8 Å². The number of carbonyl (C=O) groups is 2. The molecular weight excluding hydrogens is 396 g/mol. The van der Waals surface area contributed by atoms with E-state index in [-0.39, 0.29) is 67.8 Å². The van der Waals surface area contributed by atoms with E-state index in [9.17, 15) is 14.7 Å². The van der Waals surface area contributed by atoms with Crippen molar-refractivity contribution in [3.63, 3.8) is 0 Å². The third-order valence-corrected chi connectivity index (χ3v) is 5.38. The Morgan fingerprint density at radius 3 is 2.26 bits per heavy atom. The molecule has 160 valence electrons. The molecule has 0 aliphatic heterocycles. The van der Waals surface area contributed by atoms with E-state index in [0.717, 1.165) is 6.42 Å². The molecule has 0 heterocycles. The number of nitrogens with two attached hydrogens (primary N) is 2. The van der Waals surface area contributed by atoms with Crippen LogP contribution in [0.5, 0.6) is 0 Å². The summed E-state index contributed by atoms with van der Waals surface area (Å²) in [6, 6.07) is -0.621. The number of carboxylic acids is 1. The van der Waals surface area contributed by atoms with Gasteiger partial charge in [-0.25, -0.2) is 0 Å². The largest absolute Gasteiger partial charge is 0.480 e. The molecule has 1 rings (SSSR count). The molecule has 0 saturated heterocycles. The molecule has 0 aromatic rings. The van der Waals surface area contributed by atoms with Gasteiger partial charge in [-0.2, -0.15) is 0 Å². The summed E-state index contributed by atoms with van der Waals surface area (Å²) in [4.78, 5) is 25.6. The summed E-state index contributed by atoms with van der Waals surface area (Å²) in [7, 11) is 0.233. The Hall–Kier alpha value is -0.575. The highest BCUT2D eigenvalue weighted by atomic mass is 35.5. The average molecular weight is 430 g/mol. The third kappa shape index (κ3) is 7.75. The molecule has 7 N–H and O–H groups in total. The predicted octanol–water partition coefficient (Wildman–Crippen LogP) is 0.333. The van der Waals surface area contributed by atoms with Crippen LogP contribution in [0.2, 0.25) is 6.32 Å². The van der Waals surface area contributed by atoms with Gasteiger partial charge in [0.2, 0.25) is 5.91 Å². The van der Waals surface area contributed by atoms with Crippen molar-refractivity contribution in [3.05, 3.63) is 0 Å². The van der Waals surface area contributed by atoms with Crippen LogP contribution in [-0.4, -0.2) is 64.2 Å². The third-order valence-electron chi connectivity index (χ3n) is 5.38. The lowest BCUT2D eigenvalue weighted by atomic mass is 9.66. The van der Waals surface area contributed by atoms with Crippen LogP contribution in [0.25, 0.3) is 0 Å². The van der Waals surface area contributed by atoms with Crippen molar-refractivity contribution in [2.24, 2.45) is 29.2 Å². The van der Waals surface area contributed by atoms with Crippen LogP contribution in [0.4, 0.5) is 0 Å². The molecule has 27 heavy (non-hydrogen) atoms. The molecule has 0 radical (unpaired) electrons. The second-order valence-corrected chi connectivity index (χ2v) is 7.74. The summed E-state index contributed by atoms with van der Waals surface area (Å²) in [5.41, 5.74) is 10.7. The van der Waals surface area contributed by atoms with Crippen LogP contribution in [0.3, 0.4) is 0 Å². The van der Waals surface area contributed by atoms with Crippen molar-refractivity contribution in [2.75, 3.05) is 13.6 Å². The van der Waals surface area contributed by atoms with E-state index in [1.54, 1.807) is 7.05 Å². The average Bonchev–Trinajstić information content (AvgIpc) is 2.53. The number of rotatable bonds is 8. The Balaban J connectivity index is 0. The van der Waals surface area contributed by atoms with Gasteiger partial charge in [-0.15, -0.1) is 24.8 Å². The van der Waals surface area contributed by atoms with E-state index < -0.39 is 24.7 Å². The number of likely N-dealkylation sites (N-methyl/N-ethyl adjacent to an activating group) is 1. The normalized spacial score (nSPS) is 25.8. The first-order valence-electron chi connectivity index (χ1n) is 8.88. The molecule has 1 aliphatic rings. The minimum atomic E-state index is -1.43. The number of amides is 1. The van der Waals surface area contributed by atoms with E-state index in [2.05, 4.69) is 0 Å². The number of carboxylic acid groups (broad SMARTS) is 1. The van der Waals surface area contributed by atoms with Crippen LogP contribution in [0, 0.1) is 17.8 Å². The standard InChI is InChI=1S/C16H32BN3O5.2ClH/c1-10(2)13(18)14(21)20(3)9-12-5-4-11(6-7-17(24)25)8-16(12,19)15(22)23;;/h10-13,24-25H,4-9,18-19H2,1-3H3,(H,22,23);2*1H/t11-,12-,13-,16+;;/m0../s1. The van der Waals surface area contributed by atoms with Gasteiger partial charge in [0.05, 0.1) is 6.04 Å². The maximum absolute atomic E-state index is 12.3. The number of nitrogens with zero attached hydrogens (tertiary/aromatic N) is 1. The lowest BCUT2D eigenvalue weighted by Gasteiger charge is -2.43. The maximum atomic E-state index is 12.3. The van der Waals surface area contributed by atoms with Gasteiger partial charge in [-0.05, 0) is 37.4 Å². The smallest absolute Gasteiger partial charge is 0.451 e. The number of hydrogen-bond donors (Lipinski definition) is 5. The Labute approximate surface area is 174 Å². The Morgan fingerprint density at radius 2 is 1.81 bits per heavy atom. The molecule has 1 amide bonds. The van der Waals surface area contributed by atoms with E-state index in [1.807, 2.05) is 13.8 Å². The molecule has 11 heteroatoms. The monoisotopic (exact) mass is 429 g/mol. The van der Waals surface area contributed by atoms with Crippen LogP contribution in [-0.2, 0) is 9.59 Å². The van der Waals surface area contributed by atoms with E-state index in [0.29, 0.717) is 12.8 Å². The Morgan fingerprint density at radius 1 is 1.26 bits per heavy atom. The molecule has 0 aromatic heterocycles. The second-order valence-electron chi connectivity index (χ2n) is 7.74. The summed E-state index contributed by atoms with van der Waals surface area (Å²) < 4.78 is 0. The van der Waals surface area contributed by atoms with Crippen molar-refractivity contribution in [2.45, 2.75) is 57.4 Å². The maximum Gasteiger partial charge on any atom is 0.451 e. The SMILES string of the molecule is CC(C)[C@H](N)C(=O)N(C)C[C@@H]1CC[C@@H](CCB(O)O)C[C@]1(N)C(=O)O.Cl.Cl. The fraction of sp³-hybridized carbons (Fsp3) is 0.875. The second kappa shape index (κ2) is 12.1. The summed E-state index contributed by atoms with van der Waals surface area (Å²) in [5.74, 6) is -1.64. The zero-order valence-electron chi connectivity index (χ0n) is 16.2. The van der Waals surface area contributed by atoms with E-state index in [1.165, 1.54) is 4.90 Å². The molecule has 1 saturated carbocycles. The highest BCUT2D eigenvalue weighted by Crippen LogP contribution is 2.38. The van der Waals surface area contributed by atoms with Crippen molar-refractivity contribution >= 4 is 43.8 Å². The van der Waals surface area contributed by atoms with Gasteiger partial charge < -0.3 is 31.5 Å². The zero-order valence-corrected chi connectivity index (χ0v) is 17.8. The van der Waals surface area contributed by atoms with Gasteiger partial charge in [0.1, 0.15) is 5.54 Å². The molecule has 0 bridgehead atoms. The van der Waals surface area contributed by atoms with Gasteiger partial charge in [-0.1, -0.05) is 20.3 Å². The highest BCUT2D eigenvalue weighted by molar-refractivity contribution is 6.40. The molecular formula is C16H34BCl2N3O5. The van der Waals surface area contributed by atoms with Crippen molar-refractivity contribution in [1.82, 2.24) is 4.90 Å². The fourth-order valence-corrected chi connectivity index (χ4v) is 3.55. The first-order valence-corrected chi connectivity index (χ1v) is 8.88. The predicted molar refractivity (Wildman–Crippen MR) is 110 cm³/mol. The first-order chi connectivity index (χ1) is 11.5. The molecule has 0 spiro atoms. The lowest BCUT2D eigenvalue weighted by molar-refractivity contribution is -0.149. The number of halogens is 2. The molecule has 0 unspecified atom stereocenters. The summed E-state index contributed by atoms with van der Waals surface area (Å²) in [6.07, 6.45) is 2.31. The first kappa shape index (κ1) is 28.6. The van der Waals surface area contributed by atoms with Crippen LogP contribution in [0.1, 0.15) is 39.5 Å². The van der Waals surface area contributed by atoms with Crippen LogP contribution in [0.15, 0.2) is 0 Å². The Kier molecular flexibility index (Phi) is 12.8. The van der Waals surface area contributed by atoms with Gasteiger partial charge in [0.15, 0.2) is 0 Å². The zero-order chi connectivity index (χ0) is 19.4.